The van der Waals surface area contributed by atoms with Crippen LogP contribution >= 0.6 is 0 Å². The molecule has 0 atom stereocenters. The van der Waals surface area contributed by atoms with Gasteiger partial charge in [-0.15, -0.1) is 0 Å². The van der Waals surface area contributed by atoms with Gasteiger partial charge in [0, 0.05) is 94.2 Å². The van der Waals surface area contributed by atoms with Gasteiger partial charge >= 0.3 is 51.4 Å². The summed E-state index contributed by atoms with van der Waals surface area (Å²) in [4.78, 5) is 27.9. The van der Waals surface area contributed by atoms with Crippen LogP contribution in [0.25, 0.3) is 21.8 Å². The summed E-state index contributed by atoms with van der Waals surface area (Å²) in [6.07, 6.45) is 4.34. The molecule has 2 N–H and O–H groups in total. The number of aliphatic hydroxyl groups excluding tert-OH is 1. The van der Waals surface area contributed by atoms with Crippen molar-refractivity contribution in [1.29, 1.82) is 0 Å². The second kappa shape index (κ2) is 21.5. The molecule has 0 spiro atoms. The number of hydrogen-bond acceptors (Lipinski definition) is 13. The predicted molar refractivity (Wildman–Crippen MR) is 234 cm³/mol. The number of aliphatic hydroxyl groups is 1. The summed E-state index contributed by atoms with van der Waals surface area (Å²) >= 11 is 0. The van der Waals surface area contributed by atoms with E-state index in [0.29, 0.717) is 28.6 Å². The Kier molecular flexibility index (Phi) is 16.3. The third kappa shape index (κ3) is 10.6. The molecule has 2 aliphatic heterocycles. The van der Waals surface area contributed by atoms with Crippen molar-refractivity contribution in [1.82, 2.24) is 19.9 Å². The van der Waals surface area contributed by atoms with E-state index in [4.69, 9.17) is 34.3 Å². The monoisotopic (exact) mass is 892 g/mol. The van der Waals surface area contributed by atoms with E-state index in [-0.39, 0.29) is 68.4 Å². The van der Waals surface area contributed by atoms with Crippen LogP contribution in [0.4, 0.5) is 36.2 Å². The molecular formula is C46H52F3KN8O5. The fourth-order valence-electron chi connectivity index (χ4n) is 8.04. The largest absolute Gasteiger partial charge is 1.00 e. The Morgan fingerprint density at radius 2 is 0.857 bits per heavy atom. The molecule has 4 aliphatic rings. The number of benzene rings is 4. The maximum Gasteiger partial charge on any atom is 1.00 e. The maximum atomic E-state index is 14.5. The van der Waals surface area contributed by atoms with Crippen LogP contribution in [-0.2, 0) is 0 Å². The zero-order chi connectivity index (χ0) is 42.6. The second-order valence-electron chi connectivity index (χ2n) is 15.4. The van der Waals surface area contributed by atoms with E-state index in [1.807, 2.05) is 36.4 Å². The van der Waals surface area contributed by atoms with Crippen molar-refractivity contribution < 1.29 is 89.3 Å². The van der Waals surface area contributed by atoms with E-state index in [2.05, 4.69) is 36.7 Å². The van der Waals surface area contributed by atoms with Crippen molar-refractivity contribution in [2.24, 2.45) is 0 Å². The summed E-state index contributed by atoms with van der Waals surface area (Å²) in [5.41, 5.74) is 3.38. The smallest absolute Gasteiger partial charge is 0.870 e. The normalized spacial score (nSPS) is 15.9. The molecule has 2 saturated carbocycles. The Morgan fingerprint density at radius 3 is 1.27 bits per heavy atom. The van der Waals surface area contributed by atoms with Crippen LogP contribution in [0.15, 0.2) is 72.8 Å². The molecule has 17 heteroatoms. The van der Waals surface area contributed by atoms with E-state index in [1.54, 1.807) is 20.3 Å². The van der Waals surface area contributed by atoms with Gasteiger partial charge in [-0.05, 0) is 62.1 Å². The Labute approximate surface area is 407 Å². The van der Waals surface area contributed by atoms with Crippen molar-refractivity contribution >= 4 is 44.8 Å². The number of halogens is 3. The van der Waals surface area contributed by atoms with Crippen LogP contribution in [0.1, 0.15) is 49.2 Å². The minimum Gasteiger partial charge on any atom is -0.870 e. The molecule has 4 fully saturated rings. The summed E-state index contributed by atoms with van der Waals surface area (Å²) < 4.78 is 58.4. The number of nitrogens with zero attached hydrogens (tertiary/aromatic N) is 8. The molecule has 63 heavy (non-hydrogen) atoms. The van der Waals surface area contributed by atoms with Crippen LogP contribution in [0, 0.1) is 17.5 Å². The Bertz CT molecular complexity index is 2500. The summed E-state index contributed by atoms with van der Waals surface area (Å²) in [5, 5.41) is 8.31. The van der Waals surface area contributed by atoms with Crippen LogP contribution in [0.3, 0.4) is 0 Å². The summed E-state index contributed by atoms with van der Waals surface area (Å²) in [7, 11) is 5.85. The fourth-order valence-corrected chi connectivity index (χ4v) is 8.04. The van der Waals surface area contributed by atoms with Gasteiger partial charge in [0.1, 0.15) is 34.8 Å². The van der Waals surface area contributed by atoms with Gasteiger partial charge in [0.25, 0.3) is 0 Å². The molecule has 0 unspecified atom stereocenters. The Balaban J connectivity index is 0.000000196. The van der Waals surface area contributed by atoms with E-state index in [1.165, 1.54) is 25.3 Å². The van der Waals surface area contributed by atoms with Crippen LogP contribution < -0.4 is 85.2 Å². The third-order valence-electron chi connectivity index (χ3n) is 11.6. The van der Waals surface area contributed by atoms with Crippen molar-refractivity contribution in [3.05, 3.63) is 102 Å². The van der Waals surface area contributed by atoms with Gasteiger partial charge in [-0.25, -0.2) is 33.1 Å². The first-order chi connectivity index (χ1) is 29.8. The molecule has 6 aromatic rings. The predicted octanol–water partition coefficient (Wildman–Crippen LogP) is 4.55. The van der Waals surface area contributed by atoms with E-state index in [9.17, 15) is 13.2 Å². The van der Waals surface area contributed by atoms with Gasteiger partial charge in [-0.2, -0.15) is 0 Å². The number of aromatic nitrogens is 4. The standard InChI is InChI=1S/C23H25FN4O2.C22H22F2N4O.CH4O.K.H2O/c1-29-20-6-4-3-5-19(20)27-9-11-28(12-10-27)23-16-13-17(24)21(30-2)14-18(16)25-22(26-23)15-7-8-15;1-29-20-5-3-2-4-19(20)27-8-10-28(11-9-27)22-15-12-16(23)17(24)13-18(15)25-21(26-22)14-6-7-14;1-2;;/h3-6,13-15H,7-12H2,1-2H3;2-5,12-14H,6-11H2,1H3;2H,1H3;;1H2/q;;;+1;/p-1. The van der Waals surface area contributed by atoms with Gasteiger partial charge in [-0.1, -0.05) is 24.3 Å². The SMILES string of the molecule is CO.COc1cc2nc(C3CC3)nc(N3CCN(c4ccccc4OC)CC3)c2cc1F.COc1ccccc1N1CCN(c2nc(C3CC3)nc3cc(F)c(F)cc23)CC1.[K+].[OH-]. The number of rotatable bonds is 9. The van der Waals surface area contributed by atoms with E-state index in [0.717, 1.165) is 136 Å². The summed E-state index contributed by atoms with van der Waals surface area (Å²) in [6, 6.07) is 21.7. The van der Waals surface area contributed by atoms with Gasteiger partial charge in [0.2, 0.25) is 0 Å². The van der Waals surface area contributed by atoms with E-state index >= 15 is 0 Å². The molecule has 2 saturated heterocycles. The van der Waals surface area contributed by atoms with Crippen LogP contribution in [-0.4, -0.2) is 111 Å². The van der Waals surface area contributed by atoms with Crippen molar-refractivity contribution in [2.75, 3.05) is 100 Å². The number of fused-ring (bicyclic) bond motifs is 2. The van der Waals surface area contributed by atoms with Crippen molar-refractivity contribution in [3.63, 3.8) is 0 Å². The number of anilines is 4. The molecule has 4 heterocycles. The number of piperazine rings is 2. The molecule has 0 radical (unpaired) electrons. The third-order valence-corrected chi connectivity index (χ3v) is 11.6. The molecule has 0 bridgehead atoms. The second-order valence-corrected chi connectivity index (χ2v) is 15.4. The number of para-hydroxylation sites is 4. The topological polar surface area (TPSA) is 142 Å². The first kappa shape index (κ1) is 48.0. The zero-order valence-corrected chi connectivity index (χ0v) is 39.5. The number of ether oxygens (including phenoxy) is 3. The van der Waals surface area contributed by atoms with Crippen LogP contribution in [0.2, 0.25) is 0 Å². The van der Waals surface area contributed by atoms with Gasteiger partial charge < -0.3 is 44.4 Å². The minimum atomic E-state index is -0.870. The Morgan fingerprint density at radius 1 is 0.492 bits per heavy atom. The number of hydrogen-bond donors (Lipinski definition) is 1. The average molecular weight is 893 g/mol. The Hall–Kier alpha value is -4.49. The maximum absolute atomic E-state index is 14.5. The first-order valence-electron chi connectivity index (χ1n) is 20.7. The quantitative estimate of drug-likeness (QED) is 0.203. The van der Waals surface area contributed by atoms with Crippen LogP contribution in [0.5, 0.6) is 17.2 Å². The molecule has 2 aliphatic carbocycles. The molecule has 10 rings (SSSR count). The summed E-state index contributed by atoms with van der Waals surface area (Å²) in [6.45, 7) is 6.29. The van der Waals surface area contributed by atoms with E-state index < -0.39 is 11.6 Å². The van der Waals surface area contributed by atoms with Gasteiger partial charge in [0.15, 0.2) is 23.2 Å². The van der Waals surface area contributed by atoms with Gasteiger partial charge in [0.05, 0.1) is 43.7 Å². The number of methoxy groups -OCH3 is 3. The molecule has 2 aromatic heterocycles. The molecule has 4 aromatic carbocycles. The summed E-state index contributed by atoms with van der Waals surface area (Å²) in [5.74, 6) is 3.70. The minimum absolute atomic E-state index is 0. The first-order valence-corrected chi connectivity index (χ1v) is 20.7. The fraction of sp³-hybridized carbons (Fsp3) is 0.391. The van der Waals surface area contributed by atoms with Crippen molar-refractivity contribution in [2.45, 2.75) is 37.5 Å². The molecule has 0 amide bonds. The zero-order valence-electron chi connectivity index (χ0n) is 36.4. The molecular weight excluding hydrogens is 841 g/mol. The molecule has 13 nitrogen and oxygen atoms in total. The average Bonchev–Trinajstić information content (AvgIpc) is 4.25. The van der Waals surface area contributed by atoms with Crippen molar-refractivity contribution in [3.8, 4) is 17.2 Å². The van der Waals surface area contributed by atoms with Gasteiger partial charge in [-0.3, -0.25) is 0 Å². The molecule has 328 valence electrons.